The average Bonchev–Trinajstić information content (AvgIpc) is 2.58. The second-order valence-electron chi connectivity index (χ2n) is 5.99. The number of nitrogens with two attached hydrogens (primary N) is 1. The molecule has 0 radical (unpaired) electrons. The number of rotatable bonds is 8. The van der Waals surface area contributed by atoms with Gasteiger partial charge in [0.25, 0.3) is 5.91 Å². The molecule has 2 aromatic rings. The van der Waals surface area contributed by atoms with Crippen LogP contribution in [0.5, 0.6) is 5.75 Å². The lowest BCUT2D eigenvalue weighted by Crippen LogP contribution is -2.30. The van der Waals surface area contributed by atoms with Gasteiger partial charge in [0, 0.05) is 12.6 Å². The first-order valence-electron chi connectivity index (χ1n) is 8.05. The van der Waals surface area contributed by atoms with E-state index >= 15 is 0 Å². The molecule has 24 heavy (non-hydrogen) atoms. The van der Waals surface area contributed by atoms with Gasteiger partial charge in [0.2, 0.25) is 0 Å². The molecule has 0 unspecified atom stereocenters. The predicted molar refractivity (Wildman–Crippen MR) is 93.8 cm³/mol. The van der Waals surface area contributed by atoms with Gasteiger partial charge in [0.15, 0.2) is 0 Å². The van der Waals surface area contributed by atoms with Crippen LogP contribution in [-0.2, 0) is 6.42 Å². The molecule has 2 atom stereocenters. The second-order valence-corrected chi connectivity index (χ2v) is 5.99. The molecular formula is C19H24N2O3. The molecule has 0 heterocycles. The van der Waals surface area contributed by atoms with E-state index in [0.29, 0.717) is 12.1 Å². The predicted octanol–water partition coefficient (Wildman–Crippen LogP) is 2.14. The number of hydrogen-bond donors (Lipinski definition) is 4. The Bertz CT molecular complexity index is 674. The minimum atomic E-state index is -0.767. The fourth-order valence-corrected chi connectivity index (χ4v) is 2.52. The number of aliphatic hydroxyl groups excluding tert-OH is 1. The Balaban J connectivity index is 1.82. The standard InChI is InChI=1S/C19H24N2O3/c1-13(7-8-14-5-3-2-4-6-14)21-12-18(23)15-9-10-16(19(20)24)17(22)11-15/h2-6,9-11,13,18,21-23H,7-8,12H2,1H3,(H2,20,24)/t13-,18+/m1/s1. The number of aliphatic hydroxyl groups is 1. The van der Waals surface area contributed by atoms with Crippen molar-refractivity contribution in [3.05, 3.63) is 65.2 Å². The van der Waals surface area contributed by atoms with Gasteiger partial charge in [-0.3, -0.25) is 4.79 Å². The van der Waals surface area contributed by atoms with Crippen molar-refractivity contribution in [2.75, 3.05) is 6.54 Å². The normalized spacial score (nSPS) is 13.4. The maximum Gasteiger partial charge on any atom is 0.252 e. The summed E-state index contributed by atoms with van der Waals surface area (Å²) in [4.78, 5) is 11.1. The third-order valence-electron chi connectivity index (χ3n) is 4.04. The molecule has 2 aromatic carbocycles. The van der Waals surface area contributed by atoms with Crippen molar-refractivity contribution in [2.24, 2.45) is 5.73 Å². The maximum atomic E-state index is 11.1. The largest absolute Gasteiger partial charge is 0.507 e. The highest BCUT2D eigenvalue weighted by molar-refractivity contribution is 5.95. The molecule has 0 aliphatic rings. The Labute approximate surface area is 142 Å². The number of hydrogen-bond acceptors (Lipinski definition) is 4. The average molecular weight is 328 g/mol. The van der Waals surface area contributed by atoms with Crippen LogP contribution in [0.15, 0.2) is 48.5 Å². The van der Waals surface area contributed by atoms with Crippen molar-refractivity contribution in [3.63, 3.8) is 0 Å². The highest BCUT2D eigenvalue weighted by Crippen LogP contribution is 2.22. The first-order chi connectivity index (χ1) is 11.5. The molecule has 0 bridgehead atoms. The zero-order valence-electron chi connectivity index (χ0n) is 13.8. The molecule has 0 aromatic heterocycles. The third-order valence-corrected chi connectivity index (χ3v) is 4.04. The highest BCUT2D eigenvalue weighted by atomic mass is 16.3. The number of carbonyl (C=O) groups is 1. The van der Waals surface area contributed by atoms with Gasteiger partial charge in [0.1, 0.15) is 5.75 Å². The quantitative estimate of drug-likeness (QED) is 0.597. The molecule has 2 rings (SSSR count). The minimum absolute atomic E-state index is 0.0511. The smallest absolute Gasteiger partial charge is 0.252 e. The van der Waals surface area contributed by atoms with Crippen LogP contribution in [0.4, 0.5) is 0 Å². The number of aromatic hydroxyl groups is 1. The molecule has 0 aliphatic carbocycles. The van der Waals surface area contributed by atoms with E-state index in [2.05, 4.69) is 24.4 Å². The van der Waals surface area contributed by atoms with E-state index in [1.54, 1.807) is 6.07 Å². The van der Waals surface area contributed by atoms with E-state index in [0.717, 1.165) is 12.8 Å². The minimum Gasteiger partial charge on any atom is -0.507 e. The van der Waals surface area contributed by atoms with Gasteiger partial charge in [-0.05, 0) is 43.0 Å². The number of nitrogens with one attached hydrogen (secondary N) is 1. The zero-order valence-corrected chi connectivity index (χ0v) is 13.8. The van der Waals surface area contributed by atoms with E-state index in [-0.39, 0.29) is 17.4 Å². The summed E-state index contributed by atoms with van der Waals surface area (Å²) in [6.45, 7) is 2.44. The Morgan fingerprint density at radius 2 is 1.92 bits per heavy atom. The van der Waals surface area contributed by atoms with Gasteiger partial charge in [-0.15, -0.1) is 0 Å². The van der Waals surface area contributed by atoms with Crippen molar-refractivity contribution >= 4 is 5.91 Å². The number of carbonyl (C=O) groups excluding carboxylic acids is 1. The van der Waals surface area contributed by atoms with Crippen molar-refractivity contribution in [1.29, 1.82) is 0 Å². The van der Waals surface area contributed by atoms with Crippen LogP contribution < -0.4 is 11.1 Å². The Morgan fingerprint density at radius 1 is 1.21 bits per heavy atom. The molecule has 5 nitrogen and oxygen atoms in total. The Hall–Kier alpha value is -2.37. The summed E-state index contributed by atoms with van der Waals surface area (Å²) in [5.41, 5.74) is 7.03. The lowest BCUT2D eigenvalue weighted by atomic mass is 10.0. The topological polar surface area (TPSA) is 95.6 Å². The van der Waals surface area contributed by atoms with Crippen molar-refractivity contribution in [3.8, 4) is 5.75 Å². The Morgan fingerprint density at radius 3 is 2.54 bits per heavy atom. The molecule has 0 saturated carbocycles. The van der Waals surface area contributed by atoms with Crippen molar-refractivity contribution < 1.29 is 15.0 Å². The summed E-state index contributed by atoms with van der Waals surface area (Å²) in [5, 5.41) is 23.3. The molecule has 0 aliphatic heterocycles. The summed E-state index contributed by atoms with van der Waals surface area (Å²) in [6, 6.07) is 14.9. The molecule has 0 fully saturated rings. The van der Waals surface area contributed by atoms with E-state index in [4.69, 9.17) is 5.73 Å². The zero-order chi connectivity index (χ0) is 17.5. The third kappa shape index (κ3) is 5.08. The summed E-state index contributed by atoms with van der Waals surface area (Å²) in [6.07, 6.45) is 1.17. The number of phenols is 1. The molecule has 0 saturated heterocycles. The van der Waals surface area contributed by atoms with Crippen LogP contribution in [0.3, 0.4) is 0 Å². The fourth-order valence-electron chi connectivity index (χ4n) is 2.52. The number of amides is 1. The van der Waals surface area contributed by atoms with Crippen LogP contribution >= 0.6 is 0 Å². The number of aryl methyl sites for hydroxylation is 1. The van der Waals surface area contributed by atoms with Crippen LogP contribution in [-0.4, -0.2) is 28.7 Å². The van der Waals surface area contributed by atoms with Gasteiger partial charge >= 0.3 is 0 Å². The van der Waals surface area contributed by atoms with E-state index < -0.39 is 12.0 Å². The molecule has 5 N–H and O–H groups in total. The van der Waals surface area contributed by atoms with Gasteiger partial charge in [0.05, 0.1) is 11.7 Å². The van der Waals surface area contributed by atoms with Crippen molar-refractivity contribution in [2.45, 2.75) is 31.9 Å². The highest BCUT2D eigenvalue weighted by Gasteiger charge is 2.13. The van der Waals surface area contributed by atoms with Gasteiger partial charge in [-0.25, -0.2) is 0 Å². The Kier molecular flexibility index (Phi) is 6.35. The summed E-state index contributed by atoms with van der Waals surface area (Å²) >= 11 is 0. The lowest BCUT2D eigenvalue weighted by molar-refractivity contribution is 0.0997. The molecule has 1 amide bonds. The SMILES string of the molecule is C[C@H](CCc1ccccc1)NC[C@H](O)c1ccc(C(N)=O)c(O)c1. The number of benzene rings is 2. The first-order valence-corrected chi connectivity index (χ1v) is 8.05. The van der Waals surface area contributed by atoms with E-state index in [1.807, 2.05) is 18.2 Å². The van der Waals surface area contributed by atoms with Crippen LogP contribution in [0.1, 0.15) is 40.9 Å². The van der Waals surface area contributed by atoms with Crippen molar-refractivity contribution in [1.82, 2.24) is 5.32 Å². The summed E-state index contributed by atoms with van der Waals surface area (Å²) in [7, 11) is 0. The summed E-state index contributed by atoms with van der Waals surface area (Å²) in [5.74, 6) is -0.905. The van der Waals surface area contributed by atoms with E-state index in [9.17, 15) is 15.0 Å². The number of primary amides is 1. The van der Waals surface area contributed by atoms with Gasteiger partial charge in [-0.2, -0.15) is 0 Å². The van der Waals surface area contributed by atoms with Gasteiger partial charge in [-0.1, -0.05) is 36.4 Å². The summed E-state index contributed by atoms with van der Waals surface area (Å²) < 4.78 is 0. The monoisotopic (exact) mass is 328 g/mol. The van der Waals surface area contributed by atoms with Crippen LogP contribution in [0.25, 0.3) is 0 Å². The fraction of sp³-hybridized carbons (Fsp3) is 0.316. The molecule has 0 spiro atoms. The maximum absolute atomic E-state index is 11.1. The van der Waals surface area contributed by atoms with Crippen LogP contribution in [0.2, 0.25) is 0 Å². The molecule has 128 valence electrons. The van der Waals surface area contributed by atoms with Crippen LogP contribution in [0, 0.1) is 0 Å². The molecule has 5 heteroatoms. The van der Waals surface area contributed by atoms with E-state index in [1.165, 1.54) is 17.7 Å². The first kappa shape index (κ1) is 18.0. The second kappa shape index (κ2) is 8.47. The molecular weight excluding hydrogens is 304 g/mol. The van der Waals surface area contributed by atoms with Gasteiger partial charge < -0.3 is 21.3 Å². The lowest BCUT2D eigenvalue weighted by Gasteiger charge is -2.18.